The molecule has 0 aromatic carbocycles. The summed E-state index contributed by atoms with van der Waals surface area (Å²) < 4.78 is 30.5. The summed E-state index contributed by atoms with van der Waals surface area (Å²) in [5.74, 6) is 0. The van der Waals surface area contributed by atoms with E-state index in [1.807, 2.05) is 0 Å². The molecule has 6 heteroatoms. The Morgan fingerprint density at radius 2 is 2.13 bits per heavy atom. The van der Waals surface area contributed by atoms with Gasteiger partial charge in [-0.2, -0.15) is 5.26 Å². The quantitative estimate of drug-likeness (QED) is 0.701. The minimum absolute atomic E-state index is 0.211. The molecular formula is C9H18N2O3S. The van der Waals surface area contributed by atoms with E-state index in [4.69, 9.17) is 10.00 Å². The van der Waals surface area contributed by atoms with E-state index in [0.717, 1.165) is 0 Å². The van der Waals surface area contributed by atoms with Crippen molar-refractivity contribution in [3.8, 4) is 6.07 Å². The summed E-state index contributed by atoms with van der Waals surface area (Å²) in [5, 5.41) is 7.69. The molecule has 0 bridgehead atoms. The first-order chi connectivity index (χ1) is 6.97. The Labute approximate surface area is 91.5 Å². The molecule has 15 heavy (non-hydrogen) atoms. The Bertz CT molecular complexity index is 308. The van der Waals surface area contributed by atoms with Gasteiger partial charge in [0.2, 0.25) is 10.0 Å². The van der Waals surface area contributed by atoms with E-state index in [9.17, 15) is 8.42 Å². The predicted octanol–water partition coefficient (Wildman–Crippen LogP) is 0.633. The van der Waals surface area contributed by atoms with Gasteiger partial charge in [-0.25, -0.2) is 13.1 Å². The lowest BCUT2D eigenvalue weighted by Crippen LogP contribution is -2.39. The van der Waals surface area contributed by atoms with Crippen LogP contribution in [0.25, 0.3) is 0 Å². The fraction of sp³-hybridized carbons (Fsp3) is 0.889. The third kappa shape index (κ3) is 5.11. The number of nitrogens with one attached hydrogen (secondary N) is 1. The Balaban J connectivity index is 4.32. The molecule has 2 unspecified atom stereocenters. The van der Waals surface area contributed by atoms with Gasteiger partial charge in [0.15, 0.2) is 5.25 Å². The van der Waals surface area contributed by atoms with Crippen molar-refractivity contribution in [1.29, 1.82) is 5.26 Å². The number of sulfonamides is 1. The molecule has 0 aromatic rings. The highest BCUT2D eigenvalue weighted by Crippen LogP contribution is 2.05. The maximum atomic E-state index is 11.6. The summed E-state index contributed by atoms with van der Waals surface area (Å²) in [7, 11) is -1.96. The van der Waals surface area contributed by atoms with E-state index in [2.05, 4.69) is 4.72 Å². The molecule has 5 nitrogen and oxygen atoms in total. The Hall–Kier alpha value is -0.640. The Morgan fingerprint density at radius 1 is 1.53 bits per heavy atom. The molecule has 0 radical (unpaired) electrons. The number of nitriles is 1. The maximum Gasteiger partial charge on any atom is 0.228 e. The summed E-state index contributed by atoms with van der Waals surface area (Å²) in [6.07, 6.45) is 0.889. The van der Waals surface area contributed by atoms with Crippen LogP contribution in [0.1, 0.15) is 26.7 Å². The first-order valence-corrected chi connectivity index (χ1v) is 6.42. The van der Waals surface area contributed by atoms with Crippen LogP contribution in [0.15, 0.2) is 0 Å². The zero-order valence-corrected chi connectivity index (χ0v) is 10.2. The first kappa shape index (κ1) is 14.4. The van der Waals surface area contributed by atoms with Crippen LogP contribution in [0, 0.1) is 11.3 Å². The lowest BCUT2D eigenvalue weighted by molar-refractivity contribution is 0.188. The number of hydrogen-bond acceptors (Lipinski definition) is 4. The smallest absolute Gasteiger partial charge is 0.228 e. The topological polar surface area (TPSA) is 79.2 Å². The van der Waals surface area contributed by atoms with Crippen LogP contribution in [0.5, 0.6) is 0 Å². The van der Waals surface area contributed by atoms with Crippen molar-refractivity contribution in [2.75, 3.05) is 13.7 Å². The number of hydrogen-bond donors (Lipinski definition) is 1. The number of ether oxygens (including phenoxy) is 1. The Morgan fingerprint density at radius 3 is 2.53 bits per heavy atom. The molecule has 2 atom stereocenters. The van der Waals surface area contributed by atoms with Gasteiger partial charge in [-0.05, 0) is 19.8 Å². The molecule has 88 valence electrons. The average Bonchev–Trinajstić information content (AvgIpc) is 2.15. The van der Waals surface area contributed by atoms with Crippen LogP contribution in [-0.2, 0) is 14.8 Å². The average molecular weight is 234 g/mol. The molecule has 0 amide bonds. The number of nitrogens with zero attached hydrogens (tertiary/aromatic N) is 1. The standard InChI is InChI=1S/C9H18N2O3S/c1-4-9(7-10)15(12,13)11-8(2)5-6-14-3/h8-9,11H,4-6H2,1-3H3. The highest BCUT2D eigenvalue weighted by Gasteiger charge is 2.24. The van der Waals surface area contributed by atoms with Crippen LogP contribution < -0.4 is 4.72 Å². The normalized spacial score (nSPS) is 15.6. The largest absolute Gasteiger partial charge is 0.385 e. The van der Waals surface area contributed by atoms with E-state index in [1.165, 1.54) is 0 Å². The molecule has 0 rings (SSSR count). The molecule has 0 aliphatic carbocycles. The number of methoxy groups -OCH3 is 1. The number of rotatable bonds is 7. The van der Waals surface area contributed by atoms with Gasteiger partial charge in [-0.3, -0.25) is 0 Å². The predicted molar refractivity (Wildman–Crippen MR) is 57.7 cm³/mol. The van der Waals surface area contributed by atoms with E-state index < -0.39 is 15.3 Å². The van der Waals surface area contributed by atoms with Gasteiger partial charge in [-0.15, -0.1) is 0 Å². The lowest BCUT2D eigenvalue weighted by atomic mass is 10.3. The molecular weight excluding hydrogens is 216 g/mol. The Kier molecular flexibility index (Phi) is 6.48. The van der Waals surface area contributed by atoms with Gasteiger partial charge in [0.25, 0.3) is 0 Å². The molecule has 0 fully saturated rings. The van der Waals surface area contributed by atoms with Crippen LogP contribution >= 0.6 is 0 Å². The molecule has 0 saturated heterocycles. The fourth-order valence-electron chi connectivity index (χ4n) is 1.10. The van der Waals surface area contributed by atoms with Crippen molar-refractivity contribution in [3.05, 3.63) is 0 Å². The molecule has 0 aliphatic rings. The summed E-state index contributed by atoms with van der Waals surface area (Å²) in [6.45, 7) is 3.92. The van der Waals surface area contributed by atoms with Gasteiger partial charge >= 0.3 is 0 Å². The minimum Gasteiger partial charge on any atom is -0.385 e. The zero-order chi connectivity index (χ0) is 11.9. The van der Waals surface area contributed by atoms with Crippen molar-refractivity contribution < 1.29 is 13.2 Å². The fourth-order valence-corrected chi connectivity index (χ4v) is 2.52. The minimum atomic E-state index is -3.52. The molecule has 0 aromatic heterocycles. The van der Waals surface area contributed by atoms with Gasteiger partial charge < -0.3 is 4.74 Å². The van der Waals surface area contributed by atoms with Crippen LogP contribution in [-0.4, -0.2) is 33.4 Å². The van der Waals surface area contributed by atoms with Crippen molar-refractivity contribution in [2.45, 2.75) is 38.0 Å². The van der Waals surface area contributed by atoms with Gasteiger partial charge in [0.05, 0.1) is 6.07 Å². The van der Waals surface area contributed by atoms with Crippen molar-refractivity contribution in [3.63, 3.8) is 0 Å². The van der Waals surface area contributed by atoms with Gasteiger partial charge in [-0.1, -0.05) is 6.92 Å². The van der Waals surface area contributed by atoms with E-state index >= 15 is 0 Å². The summed E-state index contributed by atoms with van der Waals surface area (Å²) >= 11 is 0. The van der Waals surface area contributed by atoms with Crippen LogP contribution in [0.4, 0.5) is 0 Å². The molecule has 1 N–H and O–H groups in total. The van der Waals surface area contributed by atoms with Crippen molar-refractivity contribution >= 4 is 10.0 Å². The third-order valence-corrected chi connectivity index (χ3v) is 3.93. The summed E-state index contributed by atoms with van der Waals surface area (Å²) in [5.41, 5.74) is 0. The highest BCUT2D eigenvalue weighted by atomic mass is 32.2. The molecule has 0 heterocycles. The lowest BCUT2D eigenvalue weighted by Gasteiger charge is -2.15. The molecule has 0 spiro atoms. The summed E-state index contributed by atoms with van der Waals surface area (Å²) in [4.78, 5) is 0. The SMILES string of the molecule is CCC(C#N)S(=O)(=O)NC(C)CCOC. The highest BCUT2D eigenvalue weighted by molar-refractivity contribution is 7.90. The van der Waals surface area contributed by atoms with Gasteiger partial charge in [0.1, 0.15) is 0 Å². The van der Waals surface area contributed by atoms with E-state index in [0.29, 0.717) is 19.4 Å². The second kappa shape index (κ2) is 6.77. The molecule has 0 saturated carbocycles. The van der Waals surface area contributed by atoms with Crippen LogP contribution in [0.3, 0.4) is 0 Å². The van der Waals surface area contributed by atoms with E-state index in [-0.39, 0.29) is 6.04 Å². The zero-order valence-electron chi connectivity index (χ0n) is 9.36. The van der Waals surface area contributed by atoms with Crippen LogP contribution in [0.2, 0.25) is 0 Å². The monoisotopic (exact) mass is 234 g/mol. The summed E-state index contributed by atoms with van der Waals surface area (Å²) in [6, 6.07) is 1.56. The second-order valence-corrected chi connectivity index (χ2v) is 5.27. The second-order valence-electron chi connectivity index (χ2n) is 3.37. The third-order valence-electron chi connectivity index (χ3n) is 2.01. The maximum absolute atomic E-state index is 11.6. The van der Waals surface area contributed by atoms with Crippen molar-refractivity contribution in [1.82, 2.24) is 4.72 Å². The van der Waals surface area contributed by atoms with E-state index in [1.54, 1.807) is 27.0 Å². The van der Waals surface area contributed by atoms with Gasteiger partial charge in [0, 0.05) is 19.8 Å². The molecule has 0 aliphatic heterocycles. The van der Waals surface area contributed by atoms with Crippen molar-refractivity contribution in [2.24, 2.45) is 0 Å². The first-order valence-electron chi connectivity index (χ1n) is 4.87.